The van der Waals surface area contributed by atoms with Crippen LogP contribution in [-0.2, 0) is 4.74 Å². The molecule has 0 aromatic heterocycles. The lowest BCUT2D eigenvalue weighted by molar-refractivity contribution is 0.247. The summed E-state index contributed by atoms with van der Waals surface area (Å²) in [5.74, 6) is 1.31. The molecule has 2 fully saturated rings. The fourth-order valence-corrected chi connectivity index (χ4v) is 2.90. The highest BCUT2D eigenvalue weighted by Crippen LogP contribution is 2.22. The van der Waals surface area contributed by atoms with Crippen molar-refractivity contribution in [2.75, 3.05) is 32.0 Å². The second-order valence-electron chi connectivity index (χ2n) is 3.62. The van der Waals surface area contributed by atoms with Gasteiger partial charge in [-0.3, -0.25) is 4.90 Å². The van der Waals surface area contributed by atoms with Crippen LogP contribution in [0.15, 0.2) is 0 Å². The molecule has 2 nitrogen and oxygen atoms in total. The number of hydrogen-bond donors (Lipinski definition) is 0. The van der Waals surface area contributed by atoms with Gasteiger partial charge in [0.2, 0.25) is 0 Å². The average Bonchev–Trinajstić information content (AvgIpc) is 2.89. The lowest BCUT2D eigenvalue weighted by Gasteiger charge is -2.31. The van der Waals surface area contributed by atoms with Crippen molar-refractivity contribution in [1.29, 1.82) is 0 Å². The van der Waals surface area contributed by atoms with Crippen molar-refractivity contribution in [3.8, 4) is 0 Å². The maximum Gasteiger partial charge on any atom is 0.0936 e. The molecule has 2 aliphatic heterocycles. The Morgan fingerprint density at radius 2 is 2.42 bits per heavy atom. The molecular weight excluding hydrogens is 170 g/mol. The van der Waals surface area contributed by atoms with E-state index in [1.165, 1.54) is 31.8 Å². The predicted octanol–water partition coefficient (Wildman–Crippen LogP) is 1.21. The van der Waals surface area contributed by atoms with E-state index in [1.54, 1.807) is 0 Å². The number of epoxide rings is 1. The molecule has 0 spiro atoms. The van der Waals surface area contributed by atoms with E-state index in [4.69, 9.17) is 4.74 Å². The van der Waals surface area contributed by atoms with Gasteiger partial charge in [0.15, 0.2) is 0 Å². The molecule has 0 N–H and O–H groups in total. The van der Waals surface area contributed by atoms with Gasteiger partial charge in [-0.05, 0) is 6.42 Å². The standard InChI is InChI=1S/C9H17NOS/c1-2-9-6-10(3-4-12-9)5-8-7-11-8/h8-9H,2-7H2,1H3/t8-,9?/m0/s1. The lowest BCUT2D eigenvalue weighted by Crippen LogP contribution is -2.39. The summed E-state index contributed by atoms with van der Waals surface area (Å²) in [6, 6.07) is 0. The predicted molar refractivity (Wildman–Crippen MR) is 52.7 cm³/mol. The fourth-order valence-electron chi connectivity index (χ4n) is 1.65. The summed E-state index contributed by atoms with van der Waals surface area (Å²) in [6.07, 6.45) is 1.89. The van der Waals surface area contributed by atoms with Crippen LogP contribution in [0.3, 0.4) is 0 Å². The summed E-state index contributed by atoms with van der Waals surface area (Å²) in [6.45, 7) is 7.01. The molecule has 0 aliphatic carbocycles. The molecule has 12 heavy (non-hydrogen) atoms. The first-order chi connectivity index (χ1) is 5.88. The minimum Gasteiger partial charge on any atom is -0.372 e. The summed E-state index contributed by atoms with van der Waals surface area (Å²) in [5.41, 5.74) is 0. The first-order valence-electron chi connectivity index (χ1n) is 4.84. The number of thioether (sulfide) groups is 1. The summed E-state index contributed by atoms with van der Waals surface area (Å²) in [4.78, 5) is 2.56. The number of hydrogen-bond acceptors (Lipinski definition) is 3. The highest BCUT2D eigenvalue weighted by molar-refractivity contribution is 8.00. The van der Waals surface area contributed by atoms with Crippen LogP contribution in [0, 0.1) is 0 Å². The zero-order valence-corrected chi connectivity index (χ0v) is 8.48. The van der Waals surface area contributed by atoms with Crippen molar-refractivity contribution < 1.29 is 4.74 Å². The molecule has 1 unspecified atom stereocenters. The van der Waals surface area contributed by atoms with Crippen LogP contribution < -0.4 is 0 Å². The van der Waals surface area contributed by atoms with E-state index in [0.29, 0.717) is 6.10 Å². The van der Waals surface area contributed by atoms with Gasteiger partial charge in [-0.25, -0.2) is 0 Å². The topological polar surface area (TPSA) is 15.8 Å². The summed E-state index contributed by atoms with van der Waals surface area (Å²) < 4.78 is 5.23. The zero-order valence-electron chi connectivity index (χ0n) is 7.66. The van der Waals surface area contributed by atoms with Gasteiger partial charge in [0.05, 0.1) is 12.7 Å². The number of rotatable bonds is 3. The largest absolute Gasteiger partial charge is 0.372 e. The quantitative estimate of drug-likeness (QED) is 0.618. The minimum atomic E-state index is 0.575. The van der Waals surface area contributed by atoms with E-state index >= 15 is 0 Å². The van der Waals surface area contributed by atoms with Gasteiger partial charge in [-0.15, -0.1) is 0 Å². The molecule has 0 aromatic rings. The van der Waals surface area contributed by atoms with Crippen LogP contribution in [-0.4, -0.2) is 48.2 Å². The van der Waals surface area contributed by atoms with Gasteiger partial charge >= 0.3 is 0 Å². The van der Waals surface area contributed by atoms with Crippen molar-refractivity contribution in [1.82, 2.24) is 4.90 Å². The van der Waals surface area contributed by atoms with E-state index < -0.39 is 0 Å². The van der Waals surface area contributed by atoms with Crippen LogP contribution >= 0.6 is 11.8 Å². The average molecular weight is 187 g/mol. The van der Waals surface area contributed by atoms with Crippen molar-refractivity contribution in [2.24, 2.45) is 0 Å². The molecule has 2 atom stereocenters. The first-order valence-corrected chi connectivity index (χ1v) is 5.89. The highest BCUT2D eigenvalue weighted by Gasteiger charge is 2.28. The minimum absolute atomic E-state index is 0.575. The molecule has 0 saturated carbocycles. The number of nitrogens with zero attached hydrogens (tertiary/aromatic N) is 1. The van der Waals surface area contributed by atoms with E-state index in [0.717, 1.165) is 11.9 Å². The van der Waals surface area contributed by atoms with Crippen molar-refractivity contribution >= 4 is 11.8 Å². The molecule has 0 amide bonds. The molecule has 3 heteroatoms. The zero-order chi connectivity index (χ0) is 8.39. The van der Waals surface area contributed by atoms with Gasteiger partial charge in [-0.2, -0.15) is 11.8 Å². The molecule has 2 saturated heterocycles. The van der Waals surface area contributed by atoms with Gasteiger partial charge in [-0.1, -0.05) is 6.92 Å². The van der Waals surface area contributed by atoms with Crippen LogP contribution in [0.4, 0.5) is 0 Å². The SMILES string of the molecule is CCC1CN(C[C@H]2CO2)CCS1. The van der Waals surface area contributed by atoms with Crippen molar-refractivity contribution in [3.05, 3.63) is 0 Å². The van der Waals surface area contributed by atoms with Crippen molar-refractivity contribution in [3.63, 3.8) is 0 Å². The summed E-state index contributed by atoms with van der Waals surface area (Å²) in [5, 5.41) is 0.873. The summed E-state index contributed by atoms with van der Waals surface area (Å²) in [7, 11) is 0. The second-order valence-corrected chi connectivity index (χ2v) is 5.02. The van der Waals surface area contributed by atoms with Crippen LogP contribution in [0.5, 0.6) is 0 Å². The maximum atomic E-state index is 5.23. The molecule has 0 radical (unpaired) electrons. The lowest BCUT2D eigenvalue weighted by atomic mass is 10.3. The Balaban J connectivity index is 1.73. The Bertz CT molecular complexity index is 149. The fraction of sp³-hybridized carbons (Fsp3) is 1.00. The molecule has 2 aliphatic rings. The molecule has 70 valence electrons. The summed E-state index contributed by atoms with van der Waals surface area (Å²) >= 11 is 2.13. The van der Waals surface area contributed by atoms with Crippen LogP contribution in [0.2, 0.25) is 0 Å². The van der Waals surface area contributed by atoms with E-state index in [9.17, 15) is 0 Å². The van der Waals surface area contributed by atoms with Gasteiger partial charge in [0.1, 0.15) is 0 Å². The number of ether oxygens (including phenoxy) is 1. The second kappa shape index (κ2) is 3.99. The Kier molecular flexibility index (Phi) is 2.94. The van der Waals surface area contributed by atoms with E-state index in [-0.39, 0.29) is 0 Å². The van der Waals surface area contributed by atoms with E-state index in [2.05, 4.69) is 23.6 Å². The van der Waals surface area contributed by atoms with Crippen molar-refractivity contribution in [2.45, 2.75) is 24.7 Å². The third kappa shape index (κ3) is 2.38. The van der Waals surface area contributed by atoms with E-state index in [1.807, 2.05) is 0 Å². The Morgan fingerprint density at radius 3 is 3.08 bits per heavy atom. The van der Waals surface area contributed by atoms with Crippen LogP contribution in [0.25, 0.3) is 0 Å². The Labute approximate surface area is 78.6 Å². The smallest absolute Gasteiger partial charge is 0.0936 e. The Hall–Kier alpha value is 0.270. The Morgan fingerprint density at radius 1 is 1.58 bits per heavy atom. The molecule has 0 bridgehead atoms. The monoisotopic (exact) mass is 187 g/mol. The first kappa shape index (κ1) is 8.85. The maximum absolute atomic E-state index is 5.23. The van der Waals surface area contributed by atoms with Gasteiger partial charge in [0.25, 0.3) is 0 Å². The molecular formula is C9H17NOS. The normalized spacial score (nSPS) is 36.8. The van der Waals surface area contributed by atoms with Gasteiger partial charge in [0, 0.05) is 30.6 Å². The van der Waals surface area contributed by atoms with Gasteiger partial charge < -0.3 is 4.74 Å². The molecule has 0 aromatic carbocycles. The third-order valence-corrected chi connectivity index (χ3v) is 3.91. The van der Waals surface area contributed by atoms with Crippen LogP contribution in [0.1, 0.15) is 13.3 Å². The molecule has 2 heterocycles. The molecule has 2 rings (SSSR count). The highest BCUT2D eigenvalue weighted by atomic mass is 32.2. The third-order valence-electron chi connectivity index (χ3n) is 2.54.